The summed E-state index contributed by atoms with van der Waals surface area (Å²) in [5.41, 5.74) is 0.686. The number of nitrogens with one attached hydrogen (secondary N) is 1. The lowest BCUT2D eigenvalue weighted by molar-refractivity contribution is 0.0775. The third-order valence-corrected chi connectivity index (χ3v) is 4.04. The number of ether oxygens (including phenoxy) is 1. The average molecular weight is 336 g/mol. The Labute approximate surface area is 144 Å². The van der Waals surface area contributed by atoms with Crippen LogP contribution in [0.3, 0.4) is 0 Å². The number of anilines is 1. The summed E-state index contributed by atoms with van der Waals surface area (Å²) in [6.45, 7) is 8.92. The van der Waals surface area contributed by atoms with Crippen LogP contribution in [0.4, 0.5) is 10.1 Å². The monoisotopic (exact) mass is 336 g/mol. The van der Waals surface area contributed by atoms with Crippen molar-refractivity contribution in [3.63, 3.8) is 0 Å². The van der Waals surface area contributed by atoms with E-state index in [4.69, 9.17) is 4.74 Å². The highest BCUT2D eigenvalue weighted by Crippen LogP contribution is 2.20. The summed E-state index contributed by atoms with van der Waals surface area (Å²) in [5, 5.41) is 3.38. The lowest BCUT2D eigenvalue weighted by Gasteiger charge is -2.37. The normalized spacial score (nSPS) is 16.0. The average Bonchev–Trinajstić information content (AvgIpc) is 2.59. The number of hydrogen-bond donors (Lipinski definition) is 1. The molecule has 0 amide bonds. The van der Waals surface area contributed by atoms with Gasteiger partial charge in [0, 0.05) is 46.4 Å². The second kappa shape index (κ2) is 9.47. The molecule has 5 nitrogen and oxygen atoms in total. The van der Waals surface area contributed by atoms with Crippen LogP contribution in [-0.2, 0) is 4.74 Å². The van der Waals surface area contributed by atoms with Crippen molar-refractivity contribution in [2.75, 3.05) is 51.3 Å². The zero-order valence-corrected chi connectivity index (χ0v) is 15.0. The van der Waals surface area contributed by atoms with Gasteiger partial charge in [0.1, 0.15) is 5.82 Å². The molecule has 24 heavy (non-hydrogen) atoms. The largest absolute Gasteiger partial charge is 0.379 e. The number of hydrogen-bond acceptors (Lipinski definition) is 3. The van der Waals surface area contributed by atoms with E-state index in [9.17, 15) is 4.39 Å². The number of guanidine groups is 1. The summed E-state index contributed by atoms with van der Waals surface area (Å²) < 4.78 is 19.4. The van der Waals surface area contributed by atoms with Gasteiger partial charge in [-0.05, 0) is 32.4 Å². The summed E-state index contributed by atoms with van der Waals surface area (Å²) in [4.78, 5) is 8.67. The van der Waals surface area contributed by atoms with Crippen molar-refractivity contribution in [2.24, 2.45) is 4.99 Å². The number of benzene rings is 1. The Morgan fingerprint density at radius 1 is 1.25 bits per heavy atom. The highest BCUT2D eigenvalue weighted by atomic mass is 19.1. The predicted molar refractivity (Wildman–Crippen MR) is 97.3 cm³/mol. The van der Waals surface area contributed by atoms with E-state index >= 15 is 0 Å². The molecule has 1 aromatic carbocycles. The number of nitrogens with zero attached hydrogens (tertiary/aromatic N) is 3. The molecular formula is C18H29FN4O. The van der Waals surface area contributed by atoms with Gasteiger partial charge in [-0.3, -0.25) is 4.99 Å². The minimum absolute atomic E-state index is 0.154. The molecule has 1 aliphatic heterocycles. The number of aliphatic imine (C=N–C) groups is 1. The van der Waals surface area contributed by atoms with E-state index in [0.717, 1.165) is 51.7 Å². The first-order valence-corrected chi connectivity index (χ1v) is 8.68. The maximum atomic E-state index is 13.9. The van der Waals surface area contributed by atoms with E-state index in [1.807, 2.05) is 26.0 Å². The molecule has 6 heteroatoms. The number of halogens is 1. The van der Waals surface area contributed by atoms with Crippen LogP contribution in [0.5, 0.6) is 0 Å². The standard InChI is InChI=1S/C18H29FN4O/c1-15(2)24-14-6-9-21-18(20-3)23-12-10-22(11-13-23)17-8-5-4-7-16(17)19/h4-5,7-8,15H,6,9-14H2,1-3H3,(H,20,21). The Hall–Kier alpha value is -1.82. The molecule has 1 heterocycles. The van der Waals surface area contributed by atoms with Gasteiger partial charge in [-0.1, -0.05) is 12.1 Å². The highest BCUT2D eigenvalue weighted by molar-refractivity contribution is 5.80. The Kier molecular flexibility index (Phi) is 7.31. The molecule has 1 aromatic rings. The van der Waals surface area contributed by atoms with Gasteiger partial charge in [0.05, 0.1) is 11.8 Å². The Morgan fingerprint density at radius 2 is 1.96 bits per heavy atom. The van der Waals surface area contributed by atoms with Crippen molar-refractivity contribution in [2.45, 2.75) is 26.4 Å². The van der Waals surface area contributed by atoms with Gasteiger partial charge in [-0.2, -0.15) is 0 Å². The third kappa shape index (κ3) is 5.37. The van der Waals surface area contributed by atoms with Crippen LogP contribution in [0, 0.1) is 5.82 Å². The predicted octanol–water partition coefficient (Wildman–Crippen LogP) is 2.34. The Balaban J connectivity index is 1.77. The molecular weight excluding hydrogens is 307 g/mol. The molecule has 1 N–H and O–H groups in total. The lowest BCUT2D eigenvalue weighted by atomic mass is 10.2. The molecule has 2 rings (SSSR count). The van der Waals surface area contributed by atoms with Gasteiger partial charge in [-0.15, -0.1) is 0 Å². The molecule has 0 saturated carbocycles. The zero-order valence-electron chi connectivity index (χ0n) is 15.0. The van der Waals surface area contributed by atoms with Crippen LogP contribution in [0.15, 0.2) is 29.3 Å². The molecule has 0 aromatic heterocycles. The van der Waals surface area contributed by atoms with Crippen LogP contribution in [-0.4, -0.2) is 63.3 Å². The first kappa shape index (κ1) is 18.5. The summed E-state index contributed by atoms with van der Waals surface area (Å²) in [6, 6.07) is 6.96. The van der Waals surface area contributed by atoms with Crippen LogP contribution in [0.1, 0.15) is 20.3 Å². The van der Waals surface area contributed by atoms with Crippen molar-refractivity contribution in [1.82, 2.24) is 10.2 Å². The van der Waals surface area contributed by atoms with Crippen LogP contribution >= 0.6 is 0 Å². The highest BCUT2D eigenvalue weighted by Gasteiger charge is 2.21. The minimum Gasteiger partial charge on any atom is -0.379 e. The summed E-state index contributed by atoms with van der Waals surface area (Å²) >= 11 is 0. The third-order valence-electron chi connectivity index (χ3n) is 4.04. The fraction of sp³-hybridized carbons (Fsp3) is 0.611. The van der Waals surface area contributed by atoms with Crippen molar-refractivity contribution < 1.29 is 9.13 Å². The first-order chi connectivity index (χ1) is 11.6. The fourth-order valence-electron chi connectivity index (χ4n) is 2.79. The molecule has 1 saturated heterocycles. The molecule has 1 aliphatic rings. The van der Waals surface area contributed by atoms with Gasteiger partial charge in [0.25, 0.3) is 0 Å². The van der Waals surface area contributed by atoms with Crippen molar-refractivity contribution in [3.05, 3.63) is 30.1 Å². The van der Waals surface area contributed by atoms with Crippen LogP contribution in [0.25, 0.3) is 0 Å². The van der Waals surface area contributed by atoms with E-state index in [0.29, 0.717) is 5.69 Å². The summed E-state index contributed by atoms with van der Waals surface area (Å²) in [6.07, 6.45) is 1.22. The fourth-order valence-corrected chi connectivity index (χ4v) is 2.79. The van der Waals surface area contributed by atoms with E-state index in [1.54, 1.807) is 13.1 Å². The van der Waals surface area contributed by atoms with Crippen LogP contribution in [0.2, 0.25) is 0 Å². The first-order valence-electron chi connectivity index (χ1n) is 8.68. The summed E-state index contributed by atoms with van der Waals surface area (Å²) in [5.74, 6) is 0.756. The van der Waals surface area contributed by atoms with Gasteiger partial charge in [0.2, 0.25) is 0 Å². The topological polar surface area (TPSA) is 40.1 Å². The molecule has 0 bridgehead atoms. The SMILES string of the molecule is CN=C(NCCCOC(C)C)N1CCN(c2ccccc2F)CC1. The van der Waals surface area contributed by atoms with Crippen molar-refractivity contribution >= 4 is 11.6 Å². The molecule has 0 unspecified atom stereocenters. The molecule has 0 atom stereocenters. The second-order valence-corrected chi connectivity index (χ2v) is 6.17. The lowest BCUT2D eigenvalue weighted by Crippen LogP contribution is -2.52. The summed E-state index contributed by atoms with van der Waals surface area (Å²) in [7, 11) is 1.80. The molecule has 1 fully saturated rings. The van der Waals surface area contributed by atoms with E-state index in [-0.39, 0.29) is 11.9 Å². The maximum Gasteiger partial charge on any atom is 0.193 e. The zero-order chi connectivity index (χ0) is 17.4. The van der Waals surface area contributed by atoms with Crippen molar-refractivity contribution in [3.8, 4) is 0 Å². The van der Waals surface area contributed by atoms with Gasteiger partial charge < -0.3 is 19.9 Å². The molecule has 134 valence electrons. The Morgan fingerprint density at radius 3 is 2.58 bits per heavy atom. The number of para-hydroxylation sites is 1. The van der Waals surface area contributed by atoms with Crippen LogP contribution < -0.4 is 10.2 Å². The van der Waals surface area contributed by atoms with E-state index in [2.05, 4.69) is 20.1 Å². The van der Waals surface area contributed by atoms with Gasteiger partial charge in [0.15, 0.2) is 5.96 Å². The minimum atomic E-state index is -0.154. The Bertz CT molecular complexity index is 528. The van der Waals surface area contributed by atoms with Gasteiger partial charge >= 0.3 is 0 Å². The quantitative estimate of drug-likeness (QED) is 0.492. The van der Waals surface area contributed by atoms with E-state index in [1.165, 1.54) is 6.07 Å². The number of piperazine rings is 1. The molecule has 0 spiro atoms. The molecule has 0 radical (unpaired) electrons. The maximum absolute atomic E-state index is 13.9. The molecule has 0 aliphatic carbocycles. The van der Waals surface area contributed by atoms with Crippen molar-refractivity contribution in [1.29, 1.82) is 0 Å². The van der Waals surface area contributed by atoms with Gasteiger partial charge in [-0.25, -0.2) is 4.39 Å². The smallest absolute Gasteiger partial charge is 0.193 e. The second-order valence-electron chi connectivity index (χ2n) is 6.17. The van der Waals surface area contributed by atoms with E-state index < -0.39 is 0 Å². The number of rotatable bonds is 6.